The van der Waals surface area contributed by atoms with Gasteiger partial charge in [0.15, 0.2) is 0 Å². The minimum Gasteiger partial charge on any atom is 1.00 e. The fraction of sp³-hybridized carbons (Fsp3) is 0.273. The van der Waals surface area contributed by atoms with Crippen molar-refractivity contribution in [3.8, 4) is 0 Å². The second-order valence-electron chi connectivity index (χ2n) is 10.4. The molecule has 0 aromatic heterocycles. The molecule has 3 aromatic carbocycles. The predicted molar refractivity (Wildman–Crippen MR) is 156 cm³/mol. The van der Waals surface area contributed by atoms with Crippen LogP contribution in [0.15, 0.2) is 126 Å². The molecule has 0 radical (unpaired) electrons. The monoisotopic (exact) mass is 467 g/mol. The molecule has 4 rings (SSSR count). The van der Waals surface area contributed by atoms with Gasteiger partial charge in [0.1, 0.15) is 0 Å². The van der Waals surface area contributed by atoms with E-state index in [-0.39, 0.29) is 6.84 Å². The first-order valence-electron chi connectivity index (χ1n) is 12.7. The molecule has 3 aromatic rings. The molecule has 0 heterocycles. The number of hydrogen-bond donors (Lipinski definition) is 0. The number of hydrogen-bond acceptors (Lipinski definition) is 0. The van der Waals surface area contributed by atoms with Gasteiger partial charge in [-0.1, -0.05) is 0 Å². The van der Waals surface area contributed by atoms with Crippen molar-refractivity contribution < 1.29 is 1.43 Å². The molecule has 0 atom stereocenters. The molecule has 1 heteroatoms. The van der Waals surface area contributed by atoms with E-state index in [1.54, 1.807) is 5.57 Å². The third-order valence-electron chi connectivity index (χ3n) is 7.59. The molecular formula is C33H40P+. The average Bonchev–Trinajstić information content (AvgIpc) is 2.86. The summed E-state index contributed by atoms with van der Waals surface area (Å²) in [6.45, 7) is 9.37. The van der Waals surface area contributed by atoms with Crippen LogP contribution in [0.3, 0.4) is 0 Å². The minimum atomic E-state index is -2.22. The molecule has 0 N–H and O–H groups in total. The number of allylic oxidation sites excluding steroid dienone is 6. The molecule has 0 aliphatic heterocycles. The summed E-state index contributed by atoms with van der Waals surface area (Å²) in [6, 6.07) is 33.6. The van der Waals surface area contributed by atoms with Crippen LogP contribution in [0.1, 0.15) is 48.4 Å². The van der Waals surface area contributed by atoms with Gasteiger partial charge in [0.05, 0.1) is 0 Å². The maximum Gasteiger partial charge on any atom is 1.00 e. The second-order valence-corrected chi connectivity index (χ2v) is 14.4. The fourth-order valence-corrected chi connectivity index (χ4v) is 10.2. The summed E-state index contributed by atoms with van der Waals surface area (Å²) in [6.07, 6.45) is 12.1. The quantitative estimate of drug-likeness (QED) is 0.245. The zero-order valence-electron chi connectivity index (χ0n) is 22.2. The maximum atomic E-state index is 2.49. The van der Waals surface area contributed by atoms with E-state index >= 15 is 0 Å². The Bertz CT molecular complexity index is 1070. The molecule has 0 unspecified atom stereocenters. The van der Waals surface area contributed by atoms with Crippen LogP contribution in [0.5, 0.6) is 0 Å². The van der Waals surface area contributed by atoms with Crippen LogP contribution >= 0.6 is 7.26 Å². The Morgan fingerprint density at radius 1 is 0.824 bits per heavy atom. The van der Waals surface area contributed by atoms with Gasteiger partial charge in [-0.05, 0) is 0 Å². The van der Waals surface area contributed by atoms with Crippen LogP contribution in [0.4, 0.5) is 0 Å². The maximum absolute atomic E-state index is 2.49. The molecule has 1 aliphatic rings. The summed E-state index contributed by atoms with van der Waals surface area (Å²) >= 11 is 0. The van der Waals surface area contributed by atoms with E-state index < -0.39 is 7.26 Å². The number of rotatable bonds is 7. The molecule has 176 valence electrons. The molecule has 0 amide bonds. The van der Waals surface area contributed by atoms with Crippen molar-refractivity contribution in [2.75, 3.05) is 6.16 Å². The van der Waals surface area contributed by atoms with Crippen LogP contribution in [0, 0.1) is 5.41 Å². The van der Waals surface area contributed by atoms with Gasteiger partial charge in [-0.25, -0.2) is 0 Å². The van der Waals surface area contributed by atoms with Crippen LogP contribution in [0.2, 0.25) is 0 Å². The van der Waals surface area contributed by atoms with E-state index in [1.807, 2.05) is 0 Å². The molecule has 0 saturated carbocycles. The van der Waals surface area contributed by atoms with Crippen LogP contribution < -0.4 is 15.9 Å². The minimum absolute atomic E-state index is 0. The van der Waals surface area contributed by atoms with Gasteiger partial charge in [-0.3, -0.25) is 0 Å². The largest absolute Gasteiger partial charge is 1.00 e. The smallest absolute Gasteiger partial charge is 1.00 e. The van der Waals surface area contributed by atoms with Gasteiger partial charge in [-0.15, -0.1) is 0 Å². The molecule has 0 bridgehead atoms. The first-order chi connectivity index (χ1) is 16.4. The summed E-state index contributed by atoms with van der Waals surface area (Å²) in [5.74, 6) is 0. The van der Waals surface area contributed by atoms with Gasteiger partial charge < -0.3 is 0 Å². The topological polar surface area (TPSA) is 0 Å². The molecule has 0 saturated heterocycles. The molecular weight excluding hydrogens is 427 g/mol. The first-order valence-corrected chi connectivity index (χ1v) is 14.9. The Morgan fingerprint density at radius 2 is 1.29 bits per heavy atom. The summed E-state index contributed by atoms with van der Waals surface area (Å²) in [5.41, 5.74) is 4.71. The molecule has 0 nitrogen and oxygen atoms in total. The normalized spacial score (nSPS) is 17.2. The van der Waals surface area contributed by atoms with Crippen molar-refractivity contribution in [2.45, 2.75) is 47.0 Å². The van der Waals surface area contributed by atoms with Gasteiger partial charge in [0, 0.05) is 0 Å². The van der Waals surface area contributed by atoms with Gasteiger partial charge in [-0.2, -0.15) is 0 Å². The van der Waals surface area contributed by atoms with E-state index in [2.05, 4.69) is 137 Å². The Kier molecular flexibility index (Phi) is 7.70. The summed E-state index contributed by atoms with van der Waals surface area (Å²) in [5, 5.41) is 4.40. The number of benzene rings is 3. The van der Waals surface area contributed by atoms with Crippen molar-refractivity contribution in [1.29, 1.82) is 0 Å². The third-order valence-corrected chi connectivity index (χ3v) is 12.4. The Labute approximate surface area is 209 Å². The van der Waals surface area contributed by atoms with Crippen LogP contribution in [-0.2, 0) is 0 Å². The molecule has 0 fully saturated rings. The van der Waals surface area contributed by atoms with Gasteiger partial charge in [0.25, 0.3) is 0 Å². The fourth-order valence-electron chi connectivity index (χ4n) is 5.63. The van der Waals surface area contributed by atoms with Crippen molar-refractivity contribution >= 4 is 23.2 Å². The Balaban J connectivity index is 0.00000342. The summed E-state index contributed by atoms with van der Waals surface area (Å²) < 4.78 is 0. The Hall–Kier alpha value is -2.69. The second kappa shape index (κ2) is 10.7. The van der Waals surface area contributed by atoms with Crippen molar-refractivity contribution in [3.63, 3.8) is 0 Å². The predicted octanol–water partition coefficient (Wildman–Crippen LogP) is 7.85. The van der Waals surface area contributed by atoms with Crippen molar-refractivity contribution in [1.82, 2.24) is 0 Å². The van der Waals surface area contributed by atoms with E-state index in [0.717, 1.165) is 6.16 Å². The standard InChI is InChI=1S/C33H39P/c1-27(22-23-32-28(2)15-14-25-33(32,3)4)24-26-34(29-16-8-5-9-17-29,30-18-10-6-11-19-30)31-20-12-7-13-21-31/h5-13,16-24,34H,14-15,25-26H2,1-4H3/p+1/b23-22+,27-24+. The van der Waals surface area contributed by atoms with Crippen LogP contribution in [0.25, 0.3) is 0 Å². The van der Waals surface area contributed by atoms with E-state index in [9.17, 15) is 0 Å². The SMILES string of the molecule is CC1=C(/C=C/C(C)=C/C[PH](c2ccccc2)(c2ccccc2)c2ccccc2)C(C)(C)CCC1.[H+]. The molecule has 1 aliphatic carbocycles. The van der Waals surface area contributed by atoms with Crippen LogP contribution in [-0.4, -0.2) is 6.16 Å². The third kappa shape index (κ3) is 5.18. The van der Waals surface area contributed by atoms with Crippen molar-refractivity contribution in [3.05, 3.63) is 126 Å². The summed E-state index contributed by atoms with van der Waals surface area (Å²) in [4.78, 5) is 0. The van der Waals surface area contributed by atoms with Gasteiger partial charge >= 0.3 is 209 Å². The molecule has 0 spiro atoms. The van der Waals surface area contributed by atoms with Gasteiger partial charge in [0.2, 0.25) is 0 Å². The average molecular weight is 468 g/mol. The van der Waals surface area contributed by atoms with E-state index in [1.165, 1.54) is 46.3 Å². The Morgan fingerprint density at radius 3 is 1.74 bits per heavy atom. The first kappa shape index (κ1) is 24.4. The van der Waals surface area contributed by atoms with E-state index in [4.69, 9.17) is 0 Å². The molecule has 34 heavy (non-hydrogen) atoms. The van der Waals surface area contributed by atoms with E-state index in [0.29, 0.717) is 0 Å². The zero-order chi connectivity index (χ0) is 24.0. The summed E-state index contributed by atoms with van der Waals surface area (Å²) in [7, 11) is -2.22. The zero-order valence-corrected chi connectivity index (χ0v) is 22.2. The van der Waals surface area contributed by atoms with Crippen molar-refractivity contribution in [2.24, 2.45) is 5.41 Å².